The Balaban J connectivity index is 1.45. The van der Waals surface area contributed by atoms with Crippen molar-refractivity contribution in [3.05, 3.63) is 57.9 Å². The Kier molecular flexibility index (Phi) is 7.62. The van der Waals surface area contributed by atoms with Gasteiger partial charge >= 0.3 is 0 Å². The Morgan fingerprint density at radius 2 is 1.83 bits per heavy atom. The number of likely N-dealkylation sites (N-methyl/N-ethyl adjacent to an activating group) is 1. The minimum atomic E-state index is -1.46. The number of rotatable bonds is 9. The number of benzene rings is 2. The van der Waals surface area contributed by atoms with Gasteiger partial charge in [0.2, 0.25) is 11.9 Å². The first kappa shape index (κ1) is 28.4. The summed E-state index contributed by atoms with van der Waals surface area (Å²) in [5.74, 6) is -1.40. The minimum absolute atomic E-state index is 0.0212. The number of halogens is 2. The van der Waals surface area contributed by atoms with Crippen LogP contribution in [-0.4, -0.2) is 69.7 Å². The van der Waals surface area contributed by atoms with E-state index in [1.54, 1.807) is 13.0 Å². The molecule has 3 atom stereocenters. The second kappa shape index (κ2) is 11.0. The van der Waals surface area contributed by atoms with E-state index in [0.29, 0.717) is 17.4 Å². The van der Waals surface area contributed by atoms with E-state index >= 15 is 0 Å². The summed E-state index contributed by atoms with van der Waals surface area (Å²) in [6, 6.07) is 5.08. The number of anilines is 5. The van der Waals surface area contributed by atoms with Crippen molar-refractivity contribution in [2.24, 2.45) is 5.92 Å². The van der Waals surface area contributed by atoms with Crippen LogP contribution in [0.25, 0.3) is 0 Å². The maximum absolute atomic E-state index is 14.1. The second-order valence-electron chi connectivity index (χ2n) is 10.7. The highest BCUT2D eigenvalue weighted by molar-refractivity contribution is 5.77. The highest BCUT2D eigenvalue weighted by atomic mass is 19.2. The molecular formula is C27H32F2N8O4. The normalized spacial score (nSPS) is 20.0. The van der Waals surface area contributed by atoms with Crippen LogP contribution in [0, 0.1) is 27.7 Å². The van der Waals surface area contributed by atoms with Crippen LogP contribution in [0.4, 0.5) is 43.4 Å². The average Bonchev–Trinajstić information content (AvgIpc) is 3.49. The predicted molar refractivity (Wildman–Crippen MR) is 149 cm³/mol. The van der Waals surface area contributed by atoms with Crippen LogP contribution in [0.5, 0.6) is 5.75 Å². The number of nitro benzene ring substituents is 1. The molecule has 41 heavy (non-hydrogen) atoms. The van der Waals surface area contributed by atoms with Gasteiger partial charge in [0.1, 0.15) is 17.8 Å². The third-order valence-electron chi connectivity index (χ3n) is 7.93. The van der Waals surface area contributed by atoms with Crippen LogP contribution in [0.2, 0.25) is 0 Å². The molecule has 3 heterocycles. The maximum Gasteiger partial charge on any atom is 0.294 e. The van der Waals surface area contributed by atoms with E-state index in [-0.39, 0.29) is 47.0 Å². The first-order valence-corrected chi connectivity index (χ1v) is 13.3. The molecule has 0 saturated carbocycles. The lowest BCUT2D eigenvalue weighted by molar-refractivity contribution is -0.384. The predicted octanol–water partition coefficient (Wildman–Crippen LogP) is 4.31. The molecule has 5 rings (SSSR count). The number of hydrogen-bond acceptors (Lipinski definition) is 11. The molecule has 0 aliphatic carbocycles. The fraction of sp³-hybridized carbons (Fsp3) is 0.444. The molecule has 2 saturated heterocycles. The quantitative estimate of drug-likeness (QED) is 0.250. The fourth-order valence-corrected chi connectivity index (χ4v) is 5.62. The highest BCUT2D eigenvalue weighted by Gasteiger charge is 2.42. The molecule has 2 aromatic carbocycles. The summed E-state index contributed by atoms with van der Waals surface area (Å²) in [5.41, 5.74) is -0.577. The number of methoxy groups -OCH3 is 1. The van der Waals surface area contributed by atoms with Crippen LogP contribution in [0.1, 0.15) is 32.3 Å². The molecule has 2 aliphatic rings. The summed E-state index contributed by atoms with van der Waals surface area (Å²) >= 11 is 0. The molecule has 0 bridgehead atoms. The third-order valence-corrected chi connectivity index (χ3v) is 7.93. The van der Waals surface area contributed by atoms with Crippen LogP contribution < -0.4 is 20.3 Å². The largest absolute Gasteiger partial charge is 0.494 e. The van der Waals surface area contributed by atoms with Crippen molar-refractivity contribution in [3.63, 3.8) is 0 Å². The van der Waals surface area contributed by atoms with Gasteiger partial charge in [0, 0.05) is 49.4 Å². The Labute approximate surface area is 235 Å². The van der Waals surface area contributed by atoms with Crippen molar-refractivity contribution in [1.82, 2.24) is 19.9 Å². The zero-order chi connectivity index (χ0) is 29.5. The minimum Gasteiger partial charge on any atom is -0.494 e. The molecule has 0 radical (unpaired) electrons. The smallest absolute Gasteiger partial charge is 0.294 e. The Bertz CT molecular complexity index is 1470. The lowest BCUT2D eigenvalue weighted by Crippen LogP contribution is -2.34. The maximum atomic E-state index is 14.1. The molecule has 2 aliphatic heterocycles. The molecule has 1 unspecified atom stereocenters. The summed E-state index contributed by atoms with van der Waals surface area (Å²) in [6.45, 7) is 5.71. The zero-order valence-corrected chi connectivity index (χ0v) is 23.2. The van der Waals surface area contributed by atoms with Crippen LogP contribution in [0.15, 0.2) is 30.6 Å². The van der Waals surface area contributed by atoms with Crippen molar-refractivity contribution in [2.45, 2.75) is 38.3 Å². The lowest BCUT2D eigenvalue weighted by atomic mass is 9.91. The molecule has 0 spiro atoms. The van der Waals surface area contributed by atoms with Gasteiger partial charge in [-0.2, -0.15) is 4.98 Å². The molecule has 1 aromatic heterocycles. The van der Waals surface area contributed by atoms with Gasteiger partial charge in [-0.1, -0.05) is 6.92 Å². The van der Waals surface area contributed by atoms with Gasteiger partial charge in [-0.15, -0.1) is 0 Å². The second-order valence-corrected chi connectivity index (χ2v) is 10.7. The van der Waals surface area contributed by atoms with Gasteiger partial charge in [-0.25, -0.2) is 18.7 Å². The van der Waals surface area contributed by atoms with E-state index < -0.39 is 22.2 Å². The van der Waals surface area contributed by atoms with E-state index in [2.05, 4.69) is 42.4 Å². The van der Waals surface area contributed by atoms with Crippen molar-refractivity contribution in [3.8, 4) is 5.75 Å². The number of likely N-dealkylation sites (tertiary alicyclic amines) is 1. The lowest BCUT2D eigenvalue weighted by Gasteiger charge is -2.27. The first-order valence-electron chi connectivity index (χ1n) is 13.3. The topological polar surface area (TPSA) is 142 Å². The molecular weight excluding hydrogens is 538 g/mol. The molecule has 218 valence electrons. The number of ether oxygens (including phenoxy) is 1. The number of nitrogens with zero attached hydrogens (tertiary/aromatic N) is 6. The Hall–Kier alpha value is -4.17. The molecule has 0 amide bonds. The number of nitrogens with one attached hydrogen (secondary N) is 2. The number of aromatic nitrogens is 3. The fourth-order valence-electron chi connectivity index (χ4n) is 5.62. The van der Waals surface area contributed by atoms with E-state index in [1.165, 1.54) is 26.4 Å². The SMILES string of the molecule is CCC(C)(O)c1cc(F)c(F)cc1Nc1ncnc(Nc2cc([N+](=O)[O-])c(N3CC[C@@H]4CN(C)C[C@@H]43)cc2OC)n1. The molecule has 3 N–H and O–H groups in total. The molecule has 3 aromatic rings. The number of aliphatic hydroxyl groups is 1. The van der Waals surface area contributed by atoms with Gasteiger partial charge < -0.3 is 30.3 Å². The summed E-state index contributed by atoms with van der Waals surface area (Å²) < 4.78 is 33.7. The van der Waals surface area contributed by atoms with Gasteiger partial charge in [-0.05, 0) is 38.8 Å². The molecule has 12 nitrogen and oxygen atoms in total. The monoisotopic (exact) mass is 570 g/mol. The van der Waals surface area contributed by atoms with Crippen LogP contribution in [0.3, 0.4) is 0 Å². The molecule has 2 fully saturated rings. The number of hydrogen-bond donors (Lipinski definition) is 3. The van der Waals surface area contributed by atoms with Crippen LogP contribution >= 0.6 is 0 Å². The van der Waals surface area contributed by atoms with Crippen molar-refractivity contribution in [2.75, 3.05) is 49.3 Å². The van der Waals surface area contributed by atoms with Crippen molar-refractivity contribution >= 4 is 34.6 Å². The van der Waals surface area contributed by atoms with E-state index in [0.717, 1.165) is 38.2 Å². The summed E-state index contributed by atoms with van der Waals surface area (Å²) in [4.78, 5) is 28.5. The van der Waals surface area contributed by atoms with Gasteiger partial charge in [0.15, 0.2) is 11.6 Å². The Morgan fingerprint density at radius 1 is 1.15 bits per heavy atom. The third kappa shape index (κ3) is 5.57. The number of fused-ring (bicyclic) bond motifs is 1. The van der Waals surface area contributed by atoms with Gasteiger partial charge in [0.05, 0.1) is 29.0 Å². The Morgan fingerprint density at radius 3 is 2.49 bits per heavy atom. The summed E-state index contributed by atoms with van der Waals surface area (Å²) in [5, 5.41) is 28.7. The van der Waals surface area contributed by atoms with E-state index in [4.69, 9.17) is 4.74 Å². The van der Waals surface area contributed by atoms with Gasteiger partial charge in [0.25, 0.3) is 5.69 Å². The van der Waals surface area contributed by atoms with Crippen molar-refractivity contribution in [1.29, 1.82) is 0 Å². The van der Waals surface area contributed by atoms with Crippen LogP contribution in [-0.2, 0) is 5.60 Å². The standard InChI is InChI=1S/C27H32F2N8O4/c1-5-27(2,38)16-8-17(28)18(29)9-19(16)32-25-30-14-31-26(34-25)33-20-10-22(37(39)40)21(11-24(20)41-4)36-7-6-15-12-35(3)13-23(15)36/h8-11,14-15,23,38H,5-7,12-13H2,1-4H3,(H2,30,31,32,33,34)/t15-,23+,27?/m1/s1. The van der Waals surface area contributed by atoms with Gasteiger partial charge in [-0.3, -0.25) is 10.1 Å². The van der Waals surface area contributed by atoms with Crippen molar-refractivity contribution < 1.29 is 23.5 Å². The molecule has 14 heteroatoms. The first-order chi connectivity index (χ1) is 19.5. The summed E-state index contributed by atoms with van der Waals surface area (Å²) in [7, 11) is 3.52. The zero-order valence-electron chi connectivity index (χ0n) is 23.2. The van der Waals surface area contributed by atoms with E-state index in [1.807, 2.05) is 0 Å². The number of nitro groups is 1. The average molecular weight is 571 g/mol. The highest BCUT2D eigenvalue weighted by Crippen LogP contribution is 2.44. The van der Waals surface area contributed by atoms with E-state index in [9.17, 15) is 24.0 Å². The summed E-state index contributed by atoms with van der Waals surface area (Å²) in [6.07, 6.45) is 2.38.